The molecule has 3 nitrogen and oxygen atoms in total. The van der Waals surface area contributed by atoms with E-state index < -0.39 is 0 Å². The summed E-state index contributed by atoms with van der Waals surface area (Å²) in [7, 11) is 0. The van der Waals surface area contributed by atoms with Gasteiger partial charge in [-0.05, 0) is 19.8 Å². The van der Waals surface area contributed by atoms with Gasteiger partial charge in [-0.2, -0.15) is 0 Å². The van der Waals surface area contributed by atoms with E-state index in [2.05, 4.69) is 4.98 Å². The van der Waals surface area contributed by atoms with Crippen LogP contribution in [0.1, 0.15) is 18.5 Å². The molecule has 1 amide bonds. The first-order chi connectivity index (χ1) is 6.72. The van der Waals surface area contributed by atoms with Crippen LogP contribution in [0.3, 0.4) is 0 Å². The quantitative estimate of drug-likeness (QED) is 0.746. The van der Waals surface area contributed by atoms with Crippen molar-refractivity contribution in [3.8, 4) is 0 Å². The molecule has 14 heavy (non-hydrogen) atoms. The average Bonchev–Trinajstić information content (AvgIpc) is 2.90. The van der Waals surface area contributed by atoms with Gasteiger partial charge in [-0.25, -0.2) is 4.98 Å². The highest BCUT2D eigenvalue weighted by molar-refractivity contribution is 7.14. The number of rotatable bonds is 3. The Morgan fingerprint density at radius 3 is 2.93 bits per heavy atom. The second-order valence-corrected chi connectivity index (χ2v) is 4.50. The van der Waals surface area contributed by atoms with Gasteiger partial charge in [0.15, 0.2) is 5.13 Å². The summed E-state index contributed by atoms with van der Waals surface area (Å²) in [5, 5.41) is 2.74. The molecule has 1 saturated carbocycles. The van der Waals surface area contributed by atoms with Crippen molar-refractivity contribution in [3.05, 3.63) is 11.1 Å². The number of amides is 1. The zero-order valence-electron chi connectivity index (χ0n) is 7.86. The predicted molar refractivity (Wildman–Crippen MR) is 58.1 cm³/mol. The van der Waals surface area contributed by atoms with Crippen LogP contribution in [-0.2, 0) is 4.79 Å². The number of hydrogen-bond acceptors (Lipinski definition) is 3. The van der Waals surface area contributed by atoms with Gasteiger partial charge < -0.3 is 0 Å². The van der Waals surface area contributed by atoms with Gasteiger partial charge in [0.2, 0.25) is 5.91 Å². The second-order valence-electron chi connectivity index (χ2n) is 3.40. The Bertz CT molecular complexity index is 348. The number of carbonyl (C=O) groups is 1. The molecule has 0 radical (unpaired) electrons. The van der Waals surface area contributed by atoms with Gasteiger partial charge in [0.05, 0.1) is 5.69 Å². The van der Waals surface area contributed by atoms with Gasteiger partial charge in [0, 0.05) is 11.4 Å². The fraction of sp³-hybridized carbons (Fsp3) is 0.556. The van der Waals surface area contributed by atoms with E-state index >= 15 is 0 Å². The van der Waals surface area contributed by atoms with E-state index in [1.807, 2.05) is 12.3 Å². The molecule has 0 atom stereocenters. The lowest BCUT2D eigenvalue weighted by Crippen LogP contribution is -2.33. The first-order valence-electron chi connectivity index (χ1n) is 4.52. The van der Waals surface area contributed by atoms with E-state index in [0.717, 1.165) is 23.7 Å². The summed E-state index contributed by atoms with van der Waals surface area (Å²) in [5.74, 6) is -0.00158. The number of alkyl halides is 1. The monoisotopic (exact) mass is 230 g/mol. The summed E-state index contributed by atoms with van der Waals surface area (Å²) in [4.78, 5) is 17.6. The van der Waals surface area contributed by atoms with E-state index in [9.17, 15) is 4.79 Å². The van der Waals surface area contributed by atoms with Crippen LogP contribution in [0.4, 0.5) is 5.13 Å². The second kappa shape index (κ2) is 3.87. The maximum absolute atomic E-state index is 11.6. The van der Waals surface area contributed by atoms with Crippen LogP contribution < -0.4 is 4.90 Å². The van der Waals surface area contributed by atoms with E-state index in [-0.39, 0.29) is 11.8 Å². The number of halogens is 1. The Kier molecular flexibility index (Phi) is 2.74. The SMILES string of the molecule is Cc1csc(N(C(=O)CCl)C2CC2)n1. The number of hydrogen-bond donors (Lipinski definition) is 0. The van der Waals surface area contributed by atoms with Gasteiger partial charge in [-0.3, -0.25) is 9.69 Å². The Labute approximate surface area is 91.7 Å². The molecule has 0 spiro atoms. The molecule has 1 aliphatic carbocycles. The third-order valence-electron chi connectivity index (χ3n) is 2.11. The predicted octanol–water partition coefficient (Wildman–Crippen LogP) is 2.19. The van der Waals surface area contributed by atoms with Crippen LogP contribution in [0.25, 0.3) is 0 Å². The van der Waals surface area contributed by atoms with Crippen molar-refractivity contribution >= 4 is 34.0 Å². The maximum atomic E-state index is 11.6. The van der Waals surface area contributed by atoms with Crippen molar-refractivity contribution < 1.29 is 4.79 Å². The van der Waals surface area contributed by atoms with Crippen LogP contribution in [-0.4, -0.2) is 22.8 Å². The molecule has 5 heteroatoms. The summed E-state index contributed by atoms with van der Waals surface area (Å²) in [6.45, 7) is 1.93. The van der Waals surface area contributed by atoms with Crippen molar-refractivity contribution in [2.75, 3.05) is 10.8 Å². The normalized spacial score (nSPS) is 15.6. The first kappa shape index (κ1) is 9.93. The van der Waals surface area contributed by atoms with Crippen molar-refractivity contribution in [1.82, 2.24) is 4.98 Å². The molecule has 0 aliphatic heterocycles. The third-order valence-corrected chi connectivity index (χ3v) is 3.29. The number of anilines is 1. The Hall–Kier alpha value is -0.610. The van der Waals surface area contributed by atoms with Gasteiger partial charge in [-0.1, -0.05) is 0 Å². The zero-order valence-corrected chi connectivity index (χ0v) is 9.44. The number of nitrogens with zero attached hydrogens (tertiary/aromatic N) is 2. The van der Waals surface area contributed by atoms with Crippen molar-refractivity contribution in [2.45, 2.75) is 25.8 Å². The Balaban J connectivity index is 2.22. The fourth-order valence-corrected chi connectivity index (χ4v) is 2.33. The molecule has 1 heterocycles. The molecule has 0 saturated heterocycles. The standard InChI is InChI=1S/C9H11ClN2OS/c1-6-5-14-9(11-6)12(7-2-3-7)8(13)4-10/h5,7H,2-4H2,1H3. The molecule has 1 fully saturated rings. The summed E-state index contributed by atoms with van der Waals surface area (Å²) in [6, 6.07) is 0.340. The molecule has 1 aliphatic rings. The van der Waals surface area contributed by atoms with Gasteiger partial charge in [0.1, 0.15) is 5.88 Å². The number of carbonyl (C=O) groups excluding carboxylic acids is 1. The minimum absolute atomic E-state index is 0.0368. The molecular weight excluding hydrogens is 220 g/mol. The summed E-state index contributed by atoms with van der Waals surface area (Å²) in [5.41, 5.74) is 0.957. The molecule has 0 aromatic carbocycles. The van der Waals surface area contributed by atoms with Crippen molar-refractivity contribution in [3.63, 3.8) is 0 Å². The molecule has 1 aromatic heterocycles. The lowest BCUT2D eigenvalue weighted by molar-refractivity contribution is -0.116. The highest BCUT2D eigenvalue weighted by Gasteiger charge is 2.34. The average molecular weight is 231 g/mol. The number of aryl methyl sites for hydroxylation is 1. The summed E-state index contributed by atoms with van der Waals surface area (Å²) >= 11 is 7.07. The minimum Gasteiger partial charge on any atom is -0.284 e. The van der Waals surface area contributed by atoms with Crippen LogP contribution >= 0.6 is 22.9 Å². The Morgan fingerprint density at radius 2 is 2.50 bits per heavy atom. The third kappa shape index (κ3) is 1.91. The maximum Gasteiger partial charge on any atom is 0.243 e. The Morgan fingerprint density at radius 1 is 1.79 bits per heavy atom. The van der Waals surface area contributed by atoms with E-state index in [1.54, 1.807) is 4.90 Å². The molecule has 0 bridgehead atoms. The largest absolute Gasteiger partial charge is 0.284 e. The van der Waals surface area contributed by atoms with Gasteiger partial charge >= 0.3 is 0 Å². The molecule has 0 unspecified atom stereocenters. The molecule has 0 N–H and O–H groups in total. The highest BCUT2D eigenvalue weighted by atomic mass is 35.5. The van der Waals surface area contributed by atoms with Gasteiger partial charge in [-0.15, -0.1) is 22.9 Å². The zero-order chi connectivity index (χ0) is 10.1. The van der Waals surface area contributed by atoms with E-state index in [4.69, 9.17) is 11.6 Å². The first-order valence-corrected chi connectivity index (χ1v) is 5.94. The highest BCUT2D eigenvalue weighted by Crippen LogP contribution is 2.33. The van der Waals surface area contributed by atoms with Gasteiger partial charge in [0.25, 0.3) is 0 Å². The number of aromatic nitrogens is 1. The molecule has 1 aromatic rings. The molecular formula is C9H11ClN2OS. The molecule has 76 valence electrons. The molecule has 2 rings (SSSR count). The number of thiazole rings is 1. The van der Waals surface area contributed by atoms with E-state index in [0.29, 0.717) is 6.04 Å². The smallest absolute Gasteiger partial charge is 0.243 e. The van der Waals surface area contributed by atoms with Crippen LogP contribution in [0.2, 0.25) is 0 Å². The van der Waals surface area contributed by atoms with Crippen LogP contribution in [0.15, 0.2) is 5.38 Å². The lowest BCUT2D eigenvalue weighted by Gasteiger charge is -2.17. The van der Waals surface area contributed by atoms with Crippen LogP contribution in [0, 0.1) is 6.92 Å². The topological polar surface area (TPSA) is 33.2 Å². The van der Waals surface area contributed by atoms with Crippen LogP contribution in [0.5, 0.6) is 0 Å². The van der Waals surface area contributed by atoms with Crippen molar-refractivity contribution in [2.24, 2.45) is 0 Å². The fourth-order valence-electron chi connectivity index (χ4n) is 1.32. The minimum atomic E-state index is -0.0384. The van der Waals surface area contributed by atoms with Crippen molar-refractivity contribution in [1.29, 1.82) is 0 Å². The summed E-state index contributed by atoms with van der Waals surface area (Å²) in [6.07, 6.45) is 2.14. The van der Waals surface area contributed by atoms with E-state index in [1.165, 1.54) is 11.3 Å². The summed E-state index contributed by atoms with van der Waals surface area (Å²) < 4.78 is 0. The lowest BCUT2D eigenvalue weighted by atomic mass is 10.5.